The quantitative estimate of drug-likeness (QED) is 0.769. The van der Waals surface area contributed by atoms with E-state index in [9.17, 15) is 4.79 Å². The molecule has 8 heteroatoms. The first-order valence-electron chi connectivity index (χ1n) is 8.34. The molecule has 8 nitrogen and oxygen atoms in total. The number of H-pyrrole nitrogens is 1. The van der Waals surface area contributed by atoms with Crippen LogP contribution >= 0.6 is 0 Å². The van der Waals surface area contributed by atoms with Crippen molar-refractivity contribution < 1.29 is 4.79 Å². The number of likely N-dealkylation sites (tertiary alicyclic amines) is 1. The molecule has 1 fully saturated rings. The number of aromatic amines is 1. The molecule has 3 heterocycles. The van der Waals surface area contributed by atoms with E-state index >= 15 is 0 Å². The minimum absolute atomic E-state index is 0.0695. The molecule has 25 heavy (non-hydrogen) atoms. The highest BCUT2D eigenvalue weighted by Crippen LogP contribution is 2.30. The van der Waals surface area contributed by atoms with E-state index in [4.69, 9.17) is 0 Å². The zero-order chi connectivity index (χ0) is 17.1. The highest BCUT2D eigenvalue weighted by molar-refractivity contribution is 5.89. The second-order valence-electron chi connectivity index (χ2n) is 6.03. The van der Waals surface area contributed by atoms with Crippen molar-refractivity contribution >= 4 is 11.7 Å². The maximum atomic E-state index is 12.7. The number of hydrogen-bond acceptors (Lipinski definition) is 4. The Hall–Kier alpha value is -3.16. The van der Waals surface area contributed by atoms with E-state index in [2.05, 4.69) is 25.7 Å². The highest BCUT2D eigenvalue weighted by atomic mass is 16.2. The van der Waals surface area contributed by atoms with E-state index in [0.29, 0.717) is 0 Å². The molecule has 0 spiro atoms. The minimum Gasteiger partial charge on any atom is -0.317 e. The Labute approximate surface area is 144 Å². The van der Waals surface area contributed by atoms with Crippen LogP contribution in [-0.2, 0) is 0 Å². The summed E-state index contributed by atoms with van der Waals surface area (Å²) >= 11 is 0. The molecule has 1 aliphatic rings. The van der Waals surface area contributed by atoms with Crippen LogP contribution in [0.15, 0.2) is 49.1 Å². The van der Waals surface area contributed by atoms with Gasteiger partial charge in [-0.05, 0) is 43.5 Å². The van der Waals surface area contributed by atoms with Crippen molar-refractivity contribution in [1.82, 2.24) is 30.1 Å². The van der Waals surface area contributed by atoms with Crippen molar-refractivity contribution in [3.05, 3.63) is 54.6 Å². The molecule has 128 valence electrons. The van der Waals surface area contributed by atoms with Gasteiger partial charge in [0.05, 0.1) is 30.3 Å². The van der Waals surface area contributed by atoms with Gasteiger partial charge in [-0.2, -0.15) is 20.1 Å². The van der Waals surface area contributed by atoms with Crippen LogP contribution in [0.2, 0.25) is 0 Å². The Balaban J connectivity index is 1.47. The topological polar surface area (TPSA) is 91.7 Å². The van der Waals surface area contributed by atoms with Crippen LogP contribution in [0.25, 0.3) is 5.69 Å². The van der Waals surface area contributed by atoms with Gasteiger partial charge in [0.15, 0.2) is 0 Å². The minimum atomic E-state index is -0.0872. The molecule has 1 saturated heterocycles. The molecule has 1 aliphatic heterocycles. The number of urea groups is 1. The Morgan fingerprint density at radius 1 is 1.16 bits per heavy atom. The molecule has 2 aromatic heterocycles. The average Bonchev–Trinajstić information content (AvgIpc) is 3.36. The number of amides is 2. The van der Waals surface area contributed by atoms with E-state index in [1.54, 1.807) is 18.6 Å². The van der Waals surface area contributed by atoms with Gasteiger partial charge >= 0.3 is 6.03 Å². The standard InChI is InChI=1S/C17H19N7O/c25-17(23-10-2-1-3-16(23)13-11-18-19-12-13)22-14-4-6-15(7-5-14)24-20-8-9-21-24/h4-9,11-12,16H,1-3,10H2,(H,18,19)(H,22,25). The Kier molecular flexibility index (Phi) is 4.16. The lowest BCUT2D eigenvalue weighted by molar-refractivity contribution is 0.163. The number of hydrogen-bond donors (Lipinski definition) is 2. The summed E-state index contributed by atoms with van der Waals surface area (Å²) in [5, 5.41) is 18.0. The van der Waals surface area contributed by atoms with E-state index in [0.717, 1.165) is 42.7 Å². The molecule has 0 bridgehead atoms. The van der Waals surface area contributed by atoms with Gasteiger partial charge in [0.1, 0.15) is 0 Å². The fourth-order valence-electron chi connectivity index (χ4n) is 3.19. The zero-order valence-electron chi connectivity index (χ0n) is 13.7. The van der Waals surface area contributed by atoms with Crippen LogP contribution in [0.1, 0.15) is 30.9 Å². The number of nitrogens with one attached hydrogen (secondary N) is 2. The van der Waals surface area contributed by atoms with Gasteiger partial charge in [-0.25, -0.2) is 4.79 Å². The summed E-state index contributed by atoms with van der Waals surface area (Å²) in [5.74, 6) is 0. The summed E-state index contributed by atoms with van der Waals surface area (Å²) in [4.78, 5) is 16.2. The number of anilines is 1. The molecule has 1 aromatic carbocycles. The van der Waals surface area contributed by atoms with Gasteiger partial charge in [-0.1, -0.05) is 0 Å². The molecule has 1 unspecified atom stereocenters. The summed E-state index contributed by atoms with van der Waals surface area (Å²) in [5.41, 5.74) is 2.64. The first-order valence-corrected chi connectivity index (χ1v) is 8.34. The Morgan fingerprint density at radius 2 is 1.96 bits per heavy atom. The van der Waals surface area contributed by atoms with E-state index in [-0.39, 0.29) is 12.1 Å². The third-order valence-electron chi connectivity index (χ3n) is 4.44. The number of nitrogens with zero attached hydrogens (tertiary/aromatic N) is 5. The Bertz CT molecular complexity index is 811. The van der Waals surface area contributed by atoms with Crippen LogP contribution < -0.4 is 5.32 Å². The second kappa shape index (κ2) is 6.76. The SMILES string of the molecule is O=C(Nc1ccc(-n2nccn2)cc1)N1CCCCC1c1cn[nH]c1. The number of benzene rings is 1. The summed E-state index contributed by atoms with van der Waals surface area (Å²) in [6, 6.07) is 7.44. The summed E-state index contributed by atoms with van der Waals surface area (Å²) < 4.78 is 0. The average molecular weight is 337 g/mol. The zero-order valence-corrected chi connectivity index (χ0v) is 13.7. The van der Waals surface area contributed by atoms with Gasteiger partial charge in [0.25, 0.3) is 0 Å². The fourth-order valence-corrected chi connectivity index (χ4v) is 3.19. The second-order valence-corrected chi connectivity index (χ2v) is 6.03. The molecular formula is C17H19N7O. The third kappa shape index (κ3) is 3.23. The number of rotatable bonds is 3. The predicted molar refractivity (Wildman–Crippen MR) is 92.3 cm³/mol. The number of piperidine rings is 1. The number of carbonyl (C=O) groups is 1. The van der Waals surface area contributed by atoms with Gasteiger partial charge in [0.2, 0.25) is 0 Å². The smallest absolute Gasteiger partial charge is 0.317 e. The molecule has 0 aliphatic carbocycles. The van der Waals surface area contributed by atoms with Crippen molar-refractivity contribution in [3.63, 3.8) is 0 Å². The monoisotopic (exact) mass is 337 g/mol. The fraction of sp³-hybridized carbons (Fsp3) is 0.294. The summed E-state index contributed by atoms with van der Waals surface area (Å²) in [6.07, 6.45) is 10.0. The molecule has 2 N–H and O–H groups in total. The number of carbonyl (C=O) groups excluding carboxylic acids is 1. The van der Waals surface area contributed by atoms with Crippen molar-refractivity contribution in [2.45, 2.75) is 25.3 Å². The Morgan fingerprint density at radius 3 is 2.68 bits per heavy atom. The largest absolute Gasteiger partial charge is 0.322 e. The first-order chi connectivity index (χ1) is 12.3. The van der Waals surface area contributed by atoms with E-state index in [1.165, 1.54) is 4.80 Å². The maximum absolute atomic E-state index is 12.7. The van der Waals surface area contributed by atoms with Crippen LogP contribution in [0.5, 0.6) is 0 Å². The lowest BCUT2D eigenvalue weighted by Crippen LogP contribution is -2.41. The van der Waals surface area contributed by atoms with Crippen LogP contribution in [0.3, 0.4) is 0 Å². The van der Waals surface area contributed by atoms with Crippen LogP contribution in [0, 0.1) is 0 Å². The van der Waals surface area contributed by atoms with E-state index in [1.807, 2.05) is 35.4 Å². The predicted octanol–water partition coefficient (Wildman–Crippen LogP) is 2.75. The molecule has 3 aromatic rings. The van der Waals surface area contributed by atoms with Crippen molar-refractivity contribution in [1.29, 1.82) is 0 Å². The number of aromatic nitrogens is 5. The lowest BCUT2D eigenvalue weighted by Gasteiger charge is -2.35. The van der Waals surface area contributed by atoms with Gasteiger partial charge < -0.3 is 10.2 Å². The molecule has 4 rings (SSSR count). The lowest BCUT2D eigenvalue weighted by atomic mass is 9.98. The highest BCUT2D eigenvalue weighted by Gasteiger charge is 2.28. The van der Waals surface area contributed by atoms with Gasteiger partial charge in [-0.3, -0.25) is 5.10 Å². The van der Waals surface area contributed by atoms with Crippen molar-refractivity contribution in [2.24, 2.45) is 0 Å². The molecule has 0 radical (unpaired) electrons. The molecule has 1 atom stereocenters. The van der Waals surface area contributed by atoms with Crippen LogP contribution in [-0.4, -0.2) is 42.7 Å². The van der Waals surface area contributed by atoms with Gasteiger partial charge in [0, 0.05) is 24.0 Å². The maximum Gasteiger partial charge on any atom is 0.322 e. The van der Waals surface area contributed by atoms with E-state index < -0.39 is 0 Å². The normalized spacial score (nSPS) is 17.4. The summed E-state index contributed by atoms with van der Waals surface area (Å²) in [7, 11) is 0. The van der Waals surface area contributed by atoms with Gasteiger partial charge in [-0.15, -0.1) is 0 Å². The van der Waals surface area contributed by atoms with Crippen LogP contribution in [0.4, 0.5) is 10.5 Å². The van der Waals surface area contributed by atoms with Crippen molar-refractivity contribution in [2.75, 3.05) is 11.9 Å². The summed E-state index contributed by atoms with van der Waals surface area (Å²) in [6.45, 7) is 0.747. The van der Waals surface area contributed by atoms with Crippen molar-refractivity contribution in [3.8, 4) is 5.69 Å². The molecule has 0 saturated carbocycles. The first kappa shape index (κ1) is 15.4. The molecular weight excluding hydrogens is 318 g/mol. The third-order valence-corrected chi connectivity index (χ3v) is 4.44. The molecule has 2 amide bonds.